The van der Waals surface area contributed by atoms with Crippen LogP contribution in [0, 0.1) is 12.3 Å². The van der Waals surface area contributed by atoms with Gasteiger partial charge < -0.3 is 9.57 Å². The van der Waals surface area contributed by atoms with E-state index in [0.29, 0.717) is 17.2 Å². The van der Waals surface area contributed by atoms with Gasteiger partial charge in [-0.15, -0.1) is 18.2 Å². The highest BCUT2D eigenvalue weighted by molar-refractivity contribution is 7.99. The summed E-state index contributed by atoms with van der Waals surface area (Å²) >= 11 is 7.85. The Balaban J connectivity index is 1.78. The van der Waals surface area contributed by atoms with Crippen molar-refractivity contribution in [3.05, 3.63) is 46.0 Å². The molecule has 0 aromatic heterocycles. The highest BCUT2D eigenvalue weighted by Gasteiger charge is 2.37. The molecule has 0 amide bonds. The Kier molecular flexibility index (Phi) is 7.76. The molecule has 0 saturated heterocycles. The molecular weight excluding hydrogens is 456 g/mol. The molecule has 3 rings (SSSR count). The van der Waals surface area contributed by atoms with Crippen LogP contribution in [-0.4, -0.2) is 40.5 Å². The van der Waals surface area contributed by atoms with Crippen molar-refractivity contribution in [1.82, 2.24) is 0 Å². The summed E-state index contributed by atoms with van der Waals surface area (Å²) < 4.78 is 6.02. The second-order valence-corrected chi connectivity index (χ2v) is 10.4. The molecule has 0 fully saturated rings. The molecule has 0 radical (unpaired) electrons. The molecule has 174 valence electrons. The zero-order chi connectivity index (χ0) is 24.2. The Bertz CT molecular complexity index is 1090. The Morgan fingerprint density at radius 3 is 2.85 bits per heavy atom. The van der Waals surface area contributed by atoms with Crippen LogP contribution >= 0.6 is 23.4 Å². The predicted molar refractivity (Wildman–Crippen MR) is 138 cm³/mol. The van der Waals surface area contributed by atoms with E-state index in [1.807, 2.05) is 58.2 Å². The third kappa shape index (κ3) is 6.31. The van der Waals surface area contributed by atoms with Crippen molar-refractivity contribution in [3.63, 3.8) is 0 Å². The van der Waals surface area contributed by atoms with Gasteiger partial charge in [-0.2, -0.15) is 0 Å². The number of ketones is 1. The summed E-state index contributed by atoms with van der Waals surface area (Å²) in [7, 11) is 0. The average molecular weight is 485 g/mol. The number of rotatable bonds is 7. The van der Waals surface area contributed by atoms with Gasteiger partial charge in [0.15, 0.2) is 0 Å². The van der Waals surface area contributed by atoms with Gasteiger partial charge in [-0.1, -0.05) is 34.8 Å². The van der Waals surface area contributed by atoms with E-state index >= 15 is 0 Å². The number of carbonyl (C=O) groups excluding carboxylic acids is 1. The molecule has 0 spiro atoms. The van der Waals surface area contributed by atoms with Gasteiger partial charge in [0.2, 0.25) is 11.2 Å². The van der Waals surface area contributed by atoms with Gasteiger partial charge >= 0.3 is 0 Å². The van der Waals surface area contributed by atoms with Crippen molar-refractivity contribution >= 4 is 47.1 Å². The number of hydrogen-bond acceptors (Lipinski definition) is 6. The Hall–Kier alpha value is -2.49. The van der Waals surface area contributed by atoms with Crippen molar-refractivity contribution in [2.24, 2.45) is 10.1 Å². The van der Waals surface area contributed by atoms with Crippen molar-refractivity contribution in [2.75, 3.05) is 6.26 Å². The van der Waals surface area contributed by atoms with Gasteiger partial charge in [0, 0.05) is 17.0 Å². The maximum atomic E-state index is 12.9. The van der Waals surface area contributed by atoms with Crippen LogP contribution in [0.5, 0.6) is 5.75 Å². The van der Waals surface area contributed by atoms with Crippen LogP contribution in [-0.2, 0) is 16.1 Å². The smallest absolute Gasteiger partial charge is 0.224 e. The third-order valence-electron chi connectivity index (χ3n) is 5.45. The minimum atomic E-state index is -0.763. The first-order valence-corrected chi connectivity index (χ1v) is 12.4. The van der Waals surface area contributed by atoms with Crippen LogP contribution in [0.15, 0.2) is 40.0 Å². The van der Waals surface area contributed by atoms with Gasteiger partial charge in [-0.3, -0.25) is 9.79 Å². The Morgan fingerprint density at radius 1 is 1.45 bits per heavy atom. The van der Waals surface area contributed by atoms with E-state index in [-0.39, 0.29) is 11.4 Å². The molecule has 1 aromatic rings. The maximum Gasteiger partial charge on any atom is 0.224 e. The number of benzene rings is 1. The number of Topliss-reactive ketones (excluding diaryl/α,β-unsaturated/α-hetero) is 1. The number of hydrogen-bond donors (Lipinski definition) is 0. The van der Waals surface area contributed by atoms with Crippen LogP contribution in [0.3, 0.4) is 0 Å². The molecule has 1 aromatic carbocycles. The summed E-state index contributed by atoms with van der Waals surface area (Å²) in [5.74, 6) is 2.93. The Morgan fingerprint density at radius 2 is 2.21 bits per heavy atom. The maximum absolute atomic E-state index is 12.9. The number of nitrogens with zero attached hydrogens (tertiary/aromatic N) is 2. The van der Waals surface area contributed by atoms with E-state index < -0.39 is 11.0 Å². The van der Waals surface area contributed by atoms with Crippen molar-refractivity contribution in [2.45, 2.75) is 63.5 Å². The first-order chi connectivity index (χ1) is 15.5. The van der Waals surface area contributed by atoms with E-state index in [0.717, 1.165) is 35.3 Å². The van der Waals surface area contributed by atoms with Gasteiger partial charge in [0.05, 0.1) is 17.5 Å². The quantitative estimate of drug-likeness (QED) is 0.274. The average Bonchev–Trinajstić information content (AvgIpc) is 3.12. The number of thioether (sulfide) groups is 1. The standard InChI is InChI=1S/C26H29ClN2O3S/c1-7-17-10-8-9-11-20-18(12-17)13-19(14-21(20)27)31-24(33-6)22(30)16-28-26(4,5)23-15-25(2,3)32-29-23/h1,8,10,12-14,16,24H,9,11,15H2,2-6H3. The normalized spacial score (nSPS) is 18.3. The first kappa shape index (κ1) is 25.1. The van der Waals surface area contributed by atoms with Gasteiger partial charge in [0.25, 0.3) is 0 Å². The van der Waals surface area contributed by atoms with Gasteiger partial charge in [-0.25, -0.2) is 0 Å². The number of fused-ring (bicyclic) bond motifs is 1. The zero-order valence-electron chi connectivity index (χ0n) is 19.6. The molecule has 1 aliphatic carbocycles. The molecule has 33 heavy (non-hydrogen) atoms. The minimum absolute atomic E-state index is 0.250. The van der Waals surface area contributed by atoms with E-state index in [1.54, 1.807) is 6.07 Å². The molecule has 5 nitrogen and oxygen atoms in total. The number of ether oxygens (including phenoxy) is 1. The van der Waals surface area contributed by atoms with Crippen molar-refractivity contribution in [1.29, 1.82) is 0 Å². The summed E-state index contributed by atoms with van der Waals surface area (Å²) in [5.41, 5.74) is 1.71. The molecule has 7 heteroatoms. The predicted octanol–water partition coefficient (Wildman–Crippen LogP) is 5.90. The van der Waals surface area contributed by atoms with Crippen LogP contribution in [0.25, 0.3) is 6.08 Å². The van der Waals surface area contributed by atoms with Crippen LogP contribution in [0.1, 0.15) is 51.7 Å². The van der Waals surface area contributed by atoms with Crippen LogP contribution in [0.2, 0.25) is 5.02 Å². The van der Waals surface area contributed by atoms with E-state index in [1.165, 1.54) is 18.0 Å². The summed E-state index contributed by atoms with van der Waals surface area (Å²) in [4.78, 5) is 22.8. The lowest BCUT2D eigenvalue weighted by Crippen LogP contribution is -2.33. The fourth-order valence-electron chi connectivity index (χ4n) is 3.52. The highest BCUT2D eigenvalue weighted by atomic mass is 35.5. The molecule has 1 atom stereocenters. The van der Waals surface area contributed by atoms with E-state index in [4.69, 9.17) is 27.6 Å². The number of halogens is 1. The topological polar surface area (TPSA) is 60.2 Å². The SMILES string of the molecule is C#CC1=Cc2cc(OC(SC)C(=O)C=NC(C)(C)C3=NOC(C)(C)C3)cc(Cl)c2CCC=C1. The lowest BCUT2D eigenvalue weighted by molar-refractivity contribution is -0.115. The molecule has 2 aliphatic rings. The summed E-state index contributed by atoms with van der Waals surface area (Å²) in [6, 6.07) is 3.63. The minimum Gasteiger partial charge on any atom is -0.471 e. The second kappa shape index (κ2) is 10.2. The van der Waals surface area contributed by atoms with Gasteiger partial charge in [0.1, 0.15) is 11.4 Å². The van der Waals surface area contributed by atoms with Crippen LogP contribution < -0.4 is 4.74 Å². The van der Waals surface area contributed by atoms with Crippen molar-refractivity contribution < 1.29 is 14.4 Å². The molecule has 0 saturated carbocycles. The van der Waals surface area contributed by atoms with Gasteiger partial charge in [-0.05, 0) is 76.1 Å². The molecule has 1 aliphatic heterocycles. The van der Waals surface area contributed by atoms with E-state index in [2.05, 4.69) is 16.1 Å². The summed E-state index contributed by atoms with van der Waals surface area (Å²) in [5, 5.41) is 4.76. The van der Waals surface area contributed by atoms with Crippen LogP contribution in [0.4, 0.5) is 0 Å². The van der Waals surface area contributed by atoms with Crippen molar-refractivity contribution in [3.8, 4) is 18.1 Å². The monoisotopic (exact) mass is 484 g/mol. The third-order valence-corrected chi connectivity index (χ3v) is 6.54. The Labute approximate surface area is 205 Å². The first-order valence-electron chi connectivity index (χ1n) is 10.8. The van der Waals surface area contributed by atoms with E-state index in [9.17, 15) is 4.79 Å². The molecule has 1 unspecified atom stereocenters. The largest absolute Gasteiger partial charge is 0.471 e. The fraction of sp³-hybridized carbons (Fsp3) is 0.423. The molecule has 1 heterocycles. The molecule has 0 bridgehead atoms. The highest BCUT2D eigenvalue weighted by Crippen LogP contribution is 2.32. The zero-order valence-corrected chi connectivity index (χ0v) is 21.2. The summed E-state index contributed by atoms with van der Waals surface area (Å²) in [6.07, 6.45) is 16.9. The number of allylic oxidation sites excluding steroid dienone is 3. The second-order valence-electron chi connectivity index (χ2n) is 9.13. The summed E-state index contributed by atoms with van der Waals surface area (Å²) in [6.45, 7) is 7.76. The number of oxime groups is 1. The number of terminal acetylenes is 1. The lowest BCUT2D eigenvalue weighted by atomic mass is 9.90. The lowest BCUT2D eigenvalue weighted by Gasteiger charge is -2.21. The number of carbonyl (C=O) groups is 1. The molecule has 0 N–H and O–H groups in total. The fourth-order valence-corrected chi connectivity index (χ4v) is 4.33. The number of aliphatic imine (C=N–C) groups is 1. The molecular formula is C26H29ClN2O3S.